The third-order valence-electron chi connectivity index (χ3n) is 7.98. The van der Waals surface area contributed by atoms with Gasteiger partial charge in [-0.15, -0.1) is 0 Å². The van der Waals surface area contributed by atoms with E-state index in [1.807, 2.05) is 6.08 Å². The summed E-state index contributed by atoms with van der Waals surface area (Å²) in [4.78, 5) is 12.3. The molecule has 0 aliphatic heterocycles. The lowest BCUT2D eigenvalue weighted by atomic mass is 10.1. The van der Waals surface area contributed by atoms with Crippen LogP contribution in [-0.4, -0.2) is 34.9 Å². The van der Waals surface area contributed by atoms with Gasteiger partial charge in [0, 0.05) is 6.42 Å². The van der Waals surface area contributed by atoms with Crippen molar-refractivity contribution in [2.75, 3.05) is 6.61 Å². The number of allylic oxidation sites excluding steroid dienone is 9. The van der Waals surface area contributed by atoms with Crippen LogP contribution >= 0.6 is 0 Å². The fourth-order valence-corrected chi connectivity index (χ4v) is 5.15. The Morgan fingerprint density at radius 1 is 0.568 bits per heavy atom. The minimum absolute atomic E-state index is 0.0944. The van der Waals surface area contributed by atoms with Crippen LogP contribution in [0.3, 0.4) is 0 Å². The summed E-state index contributed by atoms with van der Waals surface area (Å²) in [6.07, 6.45) is 48.8. The number of carbonyl (C=O) groups is 1. The van der Waals surface area contributed by atoms with Crippen molar-refractivity contribution >= 4 is 5.91 Å². The first-order valence-corrected chi connectivity index (χ1v) is 18.5. The number of aliphatic hydroxyl groups is 2. The maximum absolute atomic E-state index is 12.3. The molecule has 2 unspecified atom stereocenters. The molecule has 3 N–H and O–H groups in total. The Labute approximate surface area is 273 Å². The summed E-state index contributed by atoms with van der Waals surface area (Å²) in [7, 11) is 0. The van der Waals surface area contributed by atoms with Gasteiger partial charge in [-0.25, -0.2) is 0 Å². The number of amides is 1. The van der Waals surface area contributed by atoms with Crippen LogP contribution in [0.15, 0.2) is 60.8 Å². The van der Waals surface area contributed by atoms with Gasteiger partial charge in [-0.1, -0.05) is 158 Å². The summed E-state index contributed by atoms with van der Waals surface area (Å²) >= 11 is 0. The molecule has 0 heterocycles. The van der Waals surface area contributed by atoms with Crippen LogP contribution < -0.4 is 5.32 Å². The molecule has 4 nitrogen and oxygen atoms in total. The van der Waals surface area contributed by atoms with Gasteiger partial charge in [0.2, 0.25) is 5.91 Å². The van der Waals surface area contributed by atoms with Gasteiger partial charge in [-0.3, -0.25) is 4.79 Å². The van der Waals surface area contributed by atoms with Crippen molar-refractivity contribution in [2.45, 2.75) is 180 Å². The minimum atomic E-state index is -0.870. The Bertz CT molecular complexity index is 752. The topological polar surface area (TPSA) is 69.6 Å². The minimum Gasteiger partial charge on any atom is -0.394 e. The van der Waals surface area contributed by atoms with Gasteiger partial charge in [-0.2, -0.15) is 0 Å². The molecule has 0 aromatic rings. The summed E-state index contributed by atoms with van der Waals surface area (Å²) < 4.78 is 0. The monoisotopic (exact) mass is 614 g/mol. The standard InChI is InChI=1S/C40H71NO3/c1-3-5-7-9-11-13-15-17-19-20-22-23-25-27-29-31-33-35-39(43)38(37-42)41-40(44)36-34-32-30-28-26-24-21-18-16-14-12-10-8-6-4-2/h6,8,12,14,18,21,25,27,33,35,38-39,42-43H,3-5,7,9-11,13,15-17,19-20,22-24,26,28-32,34,36-37H2,1-2H3,(H,41,44)/b8-6-,14-12-,21-18-,27-25+,35-33+. The molecule has 0 fully saturated rings. The SMILES string of the molecule is CC/C=C\C/C=C\C/C=C\CCCCCCCC(=O)NC(CO)C(O)/C=C/CC/C=C/CCCCCCCCCCCCC. The molecular formula is C40H71NO3. The third-order valence-corrected chi connectivity index (χ3v) is 7.98. The number of hydrogen-bond donors (Lipinski definition) is 3. The second-order valence-electron chi connectivity index (χ2n) is 12.2. The van der Waals surface area contributed by atoms with Gasteiger partial charge in [0.15, 0.2) is 0 Å². The zero-order valence-electron chi connectivity index (χ0n) is 28.9. The zero-order chi connectivity index (χ0) is 32.2. The molecule has 4 heteroatoms. The van der Waals surface area contributed by atoms with Crippen molar-refractivity contribution in [1.29, 1.82) is 0 Å². The number of unbranched alkanes of at least 4 members (excludes halogenated alkanes) is 17. The smallest absolute Gasteiger partial charge is 0.220 e. The summed E-state index contributed by atoms with van der Waals surface area (Å²) in [5.74, 6) is -0.0944. The maximum atomic E-state index is 12.3. The average Bonchev–Trinajstić information content (AvgIpc) is 3.03. The fourth-order valence-electron chi connectivity index (χ4n) is 5.15. The maximum Gasteiger partial charge on any atom is 0.220 e. The first kappa shape index (κ1) is 42.1. The molecule has 1 amide bonds. The Balaban J connectivity index is 3.72. The second kappa shape index (κ2) is 35.6. The van der Waals surface area contributed by atoms with Crippen LogP contribution in [0.2, 0.25) is 0 Å². The van der Waals surface area contributed by atoms with Crippen molar-refractivity contribution in [1.82, 2.24) is 5.32 Å². The predicted octanol–water partition coefficient (Wildman–Crippen LogP) is 11.0. The van der Waals surface area contributed by atoms with E-state index in [1.54, 1.807) is 6.08 Å². The van der Waals surface area contributed by atoms with Crippen LogP contribution in [0.25, 0.3) is 0 Å². The molecule has 2 atom stereocenters. The summed E-state index contributed by atoms with van der Waals surface area (Å²) in [6, 6.07) is -0.648. The quantitative estimate of drug-likeness (QED) is 0.0522. The van der Waals surface area contributed by atoms with Crippen LogP contribution in [0.5, 0.6) is 0 Å². The van der Waals surface area contributed by atoms with E-state index in [9.17, 15) is 15.0 Å². The van der Waals surface area contributed by atoms with Crippen molar-refractivity contribution in [3.63, 3.8) is 0 Å². The van der Waals surface area contributed by atoms with Crippen LogP contribution in [0, 0.1) is 0 Å². The normalized spacial score (nSPS) is 13.8. The lowest BCUT2D eigenvalue weighted by Crippen LogP contribution is -2.45. The molecule has 0 aliphatic rings. The van der Waals surface area contributed by atoms with Gasteiger partial charge >= 0.3 is 0 Å². The fraction of sp³-hybridized carbons (Fsp3) is 0.725. The number of nitrogens with one attached hydrogen (secondary N) is 1. The van der Waals surface area contributed by atoms with Crippen LogP contribution in [-0.2, 0) is 4.79 Å². The predicted molar refractivity (Wildman–Crippen MR) is 193 cm³/mol. The van der Waals surface area contributed by atoms with Gasteiger partial charge in [0.25, 0.3) is 0 Å². The number of carbonyl (C=O) groups excluding carboxylic acids is 1. The average molecular weight is 614 g/mol. The van der Waals surface area contributed by atoms with Gasteiger partial charge in [-0.05, 0) is 64.2 Å². The molecular weight excluding hydrogens is 542 g/mol. The highest BCUT2D eigenvalue weighted by Crippen LogP contribution is 2.12. The molecule has 0 aliphatic carbocycles. The van der Waals surface area contributed by atoms with Crippen molar-refractivity contribution in [2.24, 2.45) is 0 Å². The molecule has 0 spiro atoms. The highest BCUT2D eigenvalue weighted by Gasteiger charge is 2.17. The first-order chi connectivity index (χ1) is 21.7. The molecule has 0 aromatic carbocycles. The molecule has 0 saturated carbocycles. The third kappa shape index (κ3) is 31.5. The highest BCUT2D eigenvalue weighted by molar-refractivity contribution is 5.76. The van der Waals surface area contributed by atoms with Crippen molar-refractivity contribution < 1.29 is 15.0 Å². The summed E-state index contributed by atoms with van der Waals surface area (Å²) in [5, 5.41) is 22.9. The molecule has 0 rings (SSSR count). The largest absolute Gasteiger partial charge is 0.394 e. The van der Waals surface area contributed by atoms with Gasteiger partial charge in [0.1, 0.15) is 0 Å². The van der Waals surface area contributed by atoms with E-state index in [0.717, 1.165) is 64.2 Å². The highest BCUT2D eigenvalue weighted by atomic mass is 16.3. The van der Waals surface area contributed by atoms with Crippen LogP contribution in [0.1, 0.15) is 168 Å². The molecule has 0 bridgehead atoms. The van der Waals surface area contributed by atoms with Crippen LogP contribution in [0.4, 0.5) is 0 Å². The second-order valence-corrected chi connectivity index (χ2v) is 12.2. The van der Waals surface area contributed by atoms with E-state index < -0.39 is 12.1 Å². The molecule has 0 radical (unpaired) electrons. The van der Waals surface area contributed by atoms with E-state index in [4.69, 9.17) is 0 Å². The molecule has 0 aromatic heterocycles. The van der Waals surface area contributed by atoms with E-state index in [0.29, 0.717) is 6.42 Å². The lowest BCUT2D eigenvalue weighted by molar-refractivity contribution is -0.123. The summed E-state index contributed by atoms with van der Waals surface area (Å²) in [5.41, 5.74) is 0. The molecule has 44 heavy (non-hydrogen) atoms. The van der Waals surface area contributed by atoms with Gasteiger partial charge < -0.3 is 15.5 Å². The summed E-state index contributed by atoms with van der Waals surface area (Å²) in [6.45, 7) is 4.16. The van der Waals surface area contributed by atoms with E-state index >= 15 is 0 Å². The number of hydrogen-bond acceptors (Lipinski definition) is 3. The molecule has 254 valence electrons. The molecule has 0 saturated heterocycles. The van der Waals surface area contributed by atoms with E-state index in [1.165, 1.54) is 83.5 Å². The van der Waals surface area contributed by atoms with E-state index in [2.05, 4.69) is 67.8 Å². The Hall–Kier alpha value is -1.91. The van der Waals surface area contributed by atoms with E-state index in [-0.39, 0.29) is 12.5 Å². The number of aliphatic hydroxyl groups excluding tert-OH is 2. The first-order valence-electron chi connectivity index (χ1n) is 18.5. The Kier molecular flexibility index (Phi) is 34.0. The zero-order valence-corrected chi connectivity index (χ0v) is 28.9. The number of rotatable bonds is 32. The van der Waals surface area contributed by atoms with Crippen molar-refractivity contribution in [3.8, 4) is 0 Å². The Morgan fingerprint density at radius 3 is 1.59 bits per heavy atom. The van der Waals surface area contributed by atoms with Gasteiger partial charge in [0.05, 0.1) is 18.8 Å². The Morgan fingerprint density at radius 2 is 1.02 bits per heavy atom. The lowest BCUT2D eigenvalue weighted by Gasteiger charge is -2.19. The van der Waals surface area contributed by atoms with Crippen molar-refractivity contribution in [3.05, 3.63) is 60.8 Å².